The fraction of sp³-hybridized carbons (Fsp3) is 0.733. The topological polar surface area (TPSA) is 26.7 Å². The van der Waals surface area contributed by atoms with Crippen LogP contribution in [0.5, 0.6) is 0 Å². The zero-order valence-corrected chi connectivity index (χ0v) is 13.1. The van der Waals surface area contributed by atoms with Crippen LogP contribution in [0.4, 0.5) is 0 Å². The average molecular weight is 282 g/mol. The summed E-state index contributed by atoms with van der Waals surface area (Å²) in [5, 5.41) is 10.6. The summed E-state index contributed by atoms with van der Waals surface area (Å²) < 4.78 is 0. The van der Waals surface area contributed by atoms with E-state index in [0.29, 0.717) is 0 Å². The number of aliphatic hydroxyl groups is 1. The van der Waals surface area contributed by atoms with Crippen LogP contribution < -0.4 is 0 Å². The predicted molar refractivity (Wildman–Crippen MR) is 81.9 cm³/mol. The Morgan fingerprint density at radius 1 is 1.32 bits per heavy atom. The van der Waals surface area contributed by atoms with Gasteiger partial charge in [0.2, 0.25) is 0 Å². The van der Waals surface area contributed by atoms with Gasteiger partial charge in [-0.25, -0.2) is 0 Å². The number of rotatable bonds is 4. The molecule has 2 unspecified atom stereocenters. The van der Waals surface area contributed by atoms with Crippen LogP contribution in [0.15, 0.2) is 12.1 Å². The molecule has 1 aromatic heterocycles. The summed E-state index contributed by atoms with van der Waals surface area (Å²) in [6.07, 6.45) is 2.80. The van der Waals surface area contributed by atoms with Crippen molar-refractivity contribution in [1.82, 2.24) is 9.80 Å². The second-order valence-electron chi connectivity index (χ2n) is 5.66. The van der Waals surface area contributed by atoms with E-state index in [0.717, 1.165) is 32.5 Å². The Bertz CT molecular complexity index is 393. The number of nitrogens with zero attached hydrogens (tertiary/aromatic N) is 2. The summed E-state index contributed by atoms with van der Waals surface area (Å²) in [6.45, 7) is 5.35. The van der Waals surface area contributed by atoms with Crippen molar-refractivity contribution in [3.05, 3.63) is 21.9 Å². The first-order valence-corrected chi connectivity index (χ1v) is 8.06. The highest BCUT2D eigenvalue weighted by molar-refractivity contribution is 7.11. The van der Waals surface area contributed by atoms with Gasteiger partial charge in [0.1, 0.15) is 0 Å². The van der Waals surface area contributed by atoms with Crippen LogP contribution in [0.3, 0.4) is 0 Å². The van der Waals surface area contributed by atoms with E-state index in [2.05, 4.69) is 43.0 Å². The molecule has 4 heteroatoms. The van der Waals surface area contributed by atoms with Crippen LogP contribution in [-0.4, -0.2) is 60.8 Å². The van der Waals surface area contributed by atoms with Gasteiger partial charge in [0.05, 0.1) is 6.10 Å². The lowest BCUT2D eigenvalue weighted by atomic mass is 10.1. The standard InChI is InChI=1S/C15H26N2OS/c1-4-12-6-7-13(19-12)10-15(18)14-11-16(2)8-5-9-17(14)3/h6-7,14-15,18H,4-5,8-11H2,1-3H3. The highest BCUT2D eigenvalue weighted by Gasteiger charge is 2.27. The molecule has 3 nitrogen and oxygen atoms in total. The minimum absolute atomic E-state index is 0.250. The molecule has 1 aromatic rings. The molecule has 0 aromatic carbocycles. The Kier molecular flexibility index (Phi) is 5.39. The molecule has 0 saturated carbocycles. The van der Waals surface area contributed by atoms with Crippen molar-refractivity contribution in [3.63, 3.8) is 0 Å². The van der Waals surface area contributed by atoms with Crippen molar-refractivity contribution < 1.29 is 5.11 Å². The van der Waals surface area contributed by atoms with E-state index >= 15 is 0 Å². The first-order chi connectivity index (χ1) is 9.10. The molecule has 1 aliphatic heterocycles. The van der Waals surface area contributed by atoms with E-state index in [-0.39, 0.29) is 12.1 Å². The van der Waals surface area contributed by atoms with E-state index in [1.807, 2.05) is 11.3 Å². The van der Waals surface area contributed by atoms with Crippen LogP contribution in [0.2, 0.25) is 0 Å². The van der Waals surface area contributed by atoms with E-state index in [1.54, 1.807) is 0 Å². The molecule has 0 amide bonds. The molecule has 1 saturated heterocycles. The van der Waals surface area contributed by atoms with E-state index in [4.69, 9.17) is 0 Å². The zero-order chi connectivity index (χ0) is 13.8. The number of hydrogen-bond acceptors (Lipinski definition) is 4. The molecule has 0 radical (unpaired) electrons. The Morgan fingerprint density at radius 3 is 2.74 bits per heavy atom. The molecule has 0 aliphatic carbocycles. The third-order valence-corrected chi connectivity index (χ3v) is 5.29. The molecule has 2 rings (SSSR count). The van der Waals surface area contributed by atoms with Crippen molar-refractivity contribution in [3.8, 4) is 0 Å². The lowest BCUT2D eigenvalue weighted by molar-refractivity contribution is 0.0586. The number of aliphatic hydroxyl groups excluding tert-OH is 1. The SMILES string of the molecule is CCc1ccc(CC(O)C2CN(C)CCCN2C)s1. The highest BCUT2D eigenvalue weighted by Crippen LogP contribution is 2.21. The molecule has 1 aliphatic rings. The summed E-state index contributed by atoms with van der Waals surface area (Å²) in [6, 6.07) is 4.61. The van der Waals surface area contributed by atoms with Gasteiger partial charge in [-0.15, -0.1) is 11.3 Å². The maximum Gasteiger partial charge on any atom is 0.0755 e. The molecule has 19 heavy (non-hydrogen) atoms. The van der Waals surface area contributed by atoms with Gasteiger partial charge >= 0.3 is 0 Å². The number of hydrogen-bond donors (Lipinski definition) is 1. The van der Waals surface area contributed by atoms with Crippen LogP contribution in [0.25, 0.3) is 0 Å². The molecule has 2 atom stereocenters. The quantitative estimate of drug-likeness (QED) is 0.913. The predicted octanol–water partition coefficient (Wildman–Crippen LogP) is 1.85. The lowest BCUT2D eigenvalue weighted by Crippen LogP contribution is -2.46. The van der Waals surface area contributed by atoms with Gasteiger partial charge in [-0.2, -0.15) is 0 Å². The summed E-state index contributed by atoms with van der Waals surface area (Å²) in [7, 11) is 4.29. The summed E-state index contributed by atoms with van der Waals surface area (Å²) >= 11 is 1.84. The van der Waals surface area contributed by atoms with E-state index in [1.165, 1.54) is 16.2 Å². The Balaban J connectivity index is 1.98. The van der Waals surface area contributed by atoms with Crippen molar-refractivity contribution in [2.75, 3.05) is 33.7 Å². The molecule has 108 valence electrons. The second-order valence-corrected chi connectivity index (χ2v) is 6.91. The first kappa shape index (κ1) is 15.0. The summed E-state index contributed by atoms with van der Waals surface area (Å²) in [5.41, 5.74) is 0. The minimum Gasteiger partial charge on any atom is -0.391 e. The third-order valence-electron chi connectivity index (χ3n) is 4.04. The highest BCUT2D eigenvalue weighted by atomic mass is 32.1. The van der Waals surface area contributed by atoms with Crippen molar-refractivity contribution in [2.24, 2.45) is 0 Å². The fourth-order valence-corrected chi connectivity index (χ4v) is 3.79. The Labute approximate surface area is 120 Å². The van der Waals surface area contributed by atoms with Crippen LogP contribution in [-0.2, 0) is 12.8 Å². The van der Waals surface area contributed by atoms with Gasteiger partial charge in [-0.1, -0.05) is 6.92 Å². The maximum absolute atomic E-state index is 10.6. The monoisotopic (exact) mass is 282 g/mol. The molecule has 0 bridgehead atoms. The second kappa shape index (κ2) is 6.84. The largest absolute Gasteiger partial charge is 0.391 e. The molecule has 0 spiro atoms. The Hall–Kier alpha value is -0.420. The lowest BCUT2D eigenvalue weighted by Gasteiger charge is -2.31. The van der Waals surface area contributed by atoms with Gasteiger partial charge in [0, 0.05) is 28.8 Å². The Morgan fingerprint density at radius 2 is 2.05 bits per heavy atom. The normalized spacial score (nSPS) is 24.3. The van der Waals surface area contributed by atoms with Crippen molar-refractivity contribution in [1.29, 1.82) is 0 Å². The van der Waals surface area contributed by atoms with Crippen LogP contribution in [0.1, 0.15) is 23.1 Å². The van der Waals surface area contributed by atoms with Crippen molar-refractivity contribution in [2.45, 2.75) is 38.3 Å². The van der Waals surface area contributed by atoms with Gasteiger partial charge in [-0.3, -0.25) is 4.90 Å². The third kappa shape index (κ3) is 4.02. The van der Waals surface area contributed by atoms with Gasteiger partial charge in [0.15, 0.2) is 0 Å². The molecular weight excluding hydrogens is 256 g/mol. The van der Waals surface area contributed by atoms with E-state index < -0.39 is 0 Å². The smallest absolute Gasteiger partial charge is 0.0755 e. The molecular formula is C15H26N2OS. The van der Waals surface area contributed by atoms with Gasteiger partial charge < -0.3 is 10.0 Å². The summed E-state index contributed by atoms with van der Waals surface area (Å²) in [4.78, 5) is 7.38. The molecule has 1 fully saturated rings. The maximum atomic E-state index is 10.6. The summed E-state index contributed by atoms with van der Waals surface area (Å²) in [5.74, 6) is 0. The number of aryl methyl sites for hydroxylation is 1. The molecule has 1 N–H and O–H groups in total. The van der Waals surface area contributed by atoms with Gasteiger partial charge in [0.25, 0.3) is 0 Å². The van der Waals surface area contributed by atoms with Crippen molar-refractivity contribution >= 4 is 11.3 Å². The zero-order valence-electron chi connectivity index (χ0n) is 12.3. The fourth-order valence-electron chi connectivity index (χ4n) is 2.79. The average Bonchev–Trinajstić information content (AvgIpc) is 2.75. The van der Waals surface area contributed by atoms with E-state index in [9.17, 15) is 5.11 Å². The number of likely N-dealkylation sites (N-methyl/N-ethyl adjacent to an activating group) is 2. The van der Waals surface area contributed by atoms with Crippen LogP contribution >= 0.6 is 11.3 Å². The molecule has 2 heterocycles. The first-order valence-electron chi connectivity index (χ1n) is 7.24. The van der Waals surface area contributed by atoms with Crippen LogP contribution in [0, 0.1) is 0 Å². The van der Waals surface area contributed by atoms with Gasteiger partial charge in [-0.05, 0) is 52.2 Å². The minimum atomic E-state index is -0.270. The number of thiophene rings is 1.